The van der Waals surface area contributed by atoms with Crippen LogP contribution in [0.1, 0.15) is 65.9 Å². The molecule has 5 nitrogen and oxygen atoms in total. The zero-order valence-corrected chi connectivity index (χ0v) is 24.2. The van der Waals surface area contributed by atoms with Crippen LogP contribution in [-0.4, -0.2) is 52.4 Å². The van der Waals surface area contributed by atoms with E-state index < -0.39 is 17.8 Å². The highest BCUT2D eigenvalue weighted by Crippen LogP contribution is 2.49. The highest BCUT2D eigenvalue weighted by Gasteiger charge is 2.49. The molecule has 5 heteroatoms. The zero-order chi connectivity index (χ0) is 28.2. The summed E-state index contributed by atoms with van der Waals surface area (Å²) in [4.78, 5) is 0. The smallest absolute Gasteiger partial charge is 0.121 e. The minimum atomic E-state index is -1.42. The molecular weight excluding hydrogens is 488 g/mol. The van der Waals surface area contributed by atoms with Gasteiger partial charge in [-0.3, -0.25) is 0 Å². The second-order valence-electron chi connectivity index (χ2n) is 11.9. The summed E-state index contributed by atoms with van der Waals surface area (Å²) in [6.45, 7) is 11.0. The van der Waals surface area contributed by atoms with Crippen molar-refractivity contribution in [2.45, 2.75) is 96.4 Å². The Balaban J connectivity index is 1.37. The van der Waals surface area contributed by atoms with Crippen molar-refractivity contribution in [3.63, 3.8) is 0 Å². The first kappa shape index (κ1) is 30.0. The average molecular weight is 537 g/mol. The van der Waals surface area contributed by atoms with E-state index in [9.17, 15) is 15.3 Å². The summed E-state index contributed by atoms with van der Waals surface area (Å²) in [5, 5.41) is 32.2. The first-order chi connectivity index (χ1) is 18.7. The van der Waals surface area contributed by atoms with Gasteiger partial charge in [-0.05, 0) is 73.5 Å². The first-order valence-electron chi connectivity index (χ1n) is 14.8. The first-order valence-corrected chi connectivity index (χ1v) is 14.8. The highest BCUT2D eigenvalue weighted by atomic mass is 16.5. The van der Waals surface area contributed by atoms with Crippen molar-refractivity contribution in [1.29, 1.82) is 0 Å². The lowest BCUT2D eigenvalue weighted by Crippen LogP contribution is -2.54. The van der Waals surface area contributed by atoms with Crippen LogP contribution < -0.4 is 0 Å². The summed E-state index contributed by atoms with van der Waals surface area (Å²) in [5.74, 6) is 1.65. The number of ether oxygens (including phenoxy) is 2. The molecule has 0 unspecified atom stereocenters. The number of hydrogen-bond acceptors (Lipinski definition) is 5. The van der Waals surface area contributed by atoms with E-state index in [0.717, 1.165) is 12.8 Å². The average Bonchev–Trinajstić information content (AvgIpc) is 3.56. The van der Waals surface area contributed by atoms with Gasteiger partial charge in [-0.15, -0.1) is 0 Å². The molecule has 214 valence electrons. The van der Waals surface area contributed by atoms with Crippen LogP contribution in [-0.2, 0) is 15.1 Å². The van der Waals surface area contributed by atoms with Gasteiger partial charge in [-0.1, -0.05) is 87.6 Å². The molecule has 2 heterocycles. The molecule has 1 aliphatic carbocycles. The van der Waals surface area contributed by atoms with Crippen molar-refractivity contribution >= 4 is 0 Å². The predicted octanol–water partition coefficient (Wildman–Crippen LogP) is 5.87. The number of aliphatic hydroxyl groups excluding tert-OH is 2. The van der Waals surface area contributed by atoms with Gasteiger partial charge in [0.1, 0.15) is 17.8 Å². The standard InChI is InChI=1S/C34H48O5/c1-6-30-23(3)13-16-31(39-30)24(4)20-22(2)12-14-28-25(5)29(28)15-17-32-33(36)34(37,21-27(38-32)18-19-35)26-10-8-7-9-11-26/h7-15,17,20,22,25,27-33,35-37H,6,16,18-19,21H2,1-5H3/b14-12+,17-15+,24-20+/t22-,25-,27-,28+,29+,30-,31-,32+,33+,34-/m1/s1. The molecule has 1 saturated heterocycles. The Bertz CT molecular complexity index is 1060. The lowest BCUT2D eigenvalue weighted by molar-refractivity contribution is -0.210. The maximum Gasteiger partial charge on any atom is 0.121 e. The molecule has 1 aromatic carbocycles. The topological polar surface area (TPSA) is 79.2 Å². The highest BCUT2D eigenvalue weighted by molar-refractivity contribution is 5.27. The number of aliphatic hydroxyl groups is 3. The van der Waals surface area contributed by atoms with E-state index in [2.05, 4.69) is 65.0 Å². The normalized spacial score (nSPS) is 38.3. The van der Waals surface area contributed by atoms with Gasteiger partial charge in [-0.2, -0.15) is 0 Å². The molecule has 39 heavy (non-hydrogen) atoms. The molecule has 1 aromatic rings. The second kappa shape index (κ2) is 13.1. The quantitative estimate of drug-likeness (QED) is 0.326. The second-order valence-corrected chi connectivity index (χ2v) is 11.9. The minimum Gasteiger partial charge on any atom is -0.396 e. The largest absolute Gasteiger partial charge is 0.396 e. The Morgan fingerprint density at radius 1 is 1.13 bits per heavy atom. The van der Waals surface area contributed by atoms with Gasteiger partial charge in [0.05, 0.1) is 18.3 Å². The molecule has 2 fully saturated rings. The SMILES string of the molecule is CC[C@H]1O[C@@H](/C(C)=C/[C@H](C)/C=C/[C@H]2[C@@H](C)[C@@H]2/C=C/[C@@H]2O[C@H](CCO)C[C@@](O)(c3ccccc3)[C@H]2O)CC=C1C. The lowest BCUT2D eigenvalue weighted by Gasteiger charge is -2.44. The molecule has 10 atom stereocenters. The Hall–Kier alpha value is -2.02. The zero-order valence-electron chi connectivity index (χ0n) is 24.2. The van der Waals surface area contributed by atoms with Crippen molar-refractivity contribution in [3.8, 4) is 0 Å². The fourth-order valence-corrected chi connectivity index (χ4v) is 6.31. The maximum atomic E-state index is 11.5. The Kier molecular flexibility index (Phi) is 10.1. The Morgan fingerprint density at radius 3 is 2.54 bits per heavy atom. The van der Waals surface area contributed by atoms with E-state index in [1.807, 2.05) is 36.4 Å². The van der Waals surface area contributed by atoms with Gasteiger partial charge >= 0.3 is 0 Å². The van der Waals surface area contributed by atoms with Gasteiger partial charge < -0.3 is 24.8 Å². The van der Waals surface area contributed by atoms with E-state index >= 15 is 0 Å². The van der Waals surface area contributed by atoms with Gasteiger partial charge in [0.2, 0.25) is 0 Å². The Morgan fingerprint density at radius 2 is 1.85 bits per heavy atom. The van der Waals surface area contributed by atoms with Crippen molar-refractivity contribution in [2.75, 3.05) is 6.61 Å². The number of hydrogen-bond donors (Lipinski definition) is 3. The maximum absolute atomic E-state index is 11.5. The molecule has 2 aliphatic heterocycles. The fraction of sp³-hybridized carbons (Fsp3) is 0.588. The summed E-state index contributed by atoms with van der Waals surface area (Å²) < 4.78 is 12.4. The molecular formula is C34H48O5. The molecule has 0 bridgehead atoms. The van der Waals surface area contributed by atoms with Crippen molar-refractivity contribution in [1.82, 2.24) is 0 Å². The van der Waals surface area contributed by atoms with E-state index in [-0.39, 0.29) is 31.3 Å². The third-order valence-electron chi connectivity index (χ3n) is 8.99. The van der Waals surface area contributed by atoms with Crippen LogP contribution in [0.2, 0.25) is 0 Å². The summed E-state index contributed by atoms with van der Waals surface area (Å²) >= 11 is 0. The van der Waals surface area contributed by atoms with Crippen molar-refractivity contribution < 1.29 is 24.8 Å². The molecule has 0 aromatic heterocycles. The monoisotopic (exact) mass is 536 g/mol. The molecule has 1 saturated carbocycles. The van der Waals surface area contributed by atoms with E-state index in [4.69, 9.17) is 9.47 Å². The summed E-state index contributed by atoms with van der Waals surface area (Å²) in [6, 6.07) is 9.30. The van der Waals surface area contributed by atoms with Crippen molar-refractivity contribution in [2.24, 2.45) is 23.7 Å². The molecule has 3 N–H and O–H groups in total. The molecule has 0 spiro atoms. The van der Waals surface area contributed by atoms with Crippen LogP contribution in [0.15, 0.2) is 77.9 Å². The van der Waals surface area contributed by atoms with Crippen LogP contribution in [0.25, 0.3) is 0 Å². The van der Waals surface area contributed by atoms with E-state index in [1.165, 1.54) is 11.1 Å². The predicted molar refractivity (Wildman–Crippen MR) is 156 cm³/mol. The third kappa shape index (κ3) is 7.01. The number of rotatable bonds is 10. The lowest BCUT2D eigenvalue weighted by atomic mass is 9.78. The van der Waals surface area contributed by atoms with Gasteiger partial charge in [0, 0.05) is 13.0 Å². The third-order valence-corrected chi connectivity index (χ3v) is 8.99. The summed E-state index contributed by atoms with van der Waals surface area (Å²) in [5.41, 5.74) is 1.89. The van der Waals surface area contributed by atoms with Gasteiger partial charge in [0.25, 0.3) is 0 Å². The molecule has 3 aliphatic rings. The van der Waals surface area contributed by atoms with Gasteiger partial charge in [0.15, 0.2) is 0 Å². The summed E-state index contributed by atoms with van der Waals surface area (Å²) in [6.07, 6.45) is 14.3. The van der Waals surface area contributed by atoms with Crippen molar-refractivity contribution in [3.05, 3.63) is 83.5 Å². The van der Waals surface area contributed by atoms with Crippen LogP contribution in [0.5, 0.6) is 0 Å². The van der Waals surface area contributed by atoms with E-state index in [0.29, 0.717) is 35.7 Å². The number of allylic oxidation sites excluding steroid dienone is 4. The molecule has 0 amide bonds. The van der Waals surface area contributed by atoms with Crippen LogP contribution in [0, 0.1) is 23.7 Å². The van der Waals surface area contributed by atoms with Crippen LogP contribution in [0.3, 0.4) is 0 Å². The van der Waals surface area contributed by atoms with E-state index in [1.54, 1.807) is 0 Å². The van der Waals surface area contributed by atoms with Gasteiger partial charge in [-0.25, -0.2) is 0 Å². The van der Waals surface area contributed by atoms with Crippen LogP contribution in [0.4, 0.5) is 0 Å². The molecule has 4 rings (SSSR count). The fourth-order valence-electron chi connectivity index (χ4n) is 6.31. The minimum absolute atomic E-state index is 0.0247. The Labute approximate surface area is 234 Å². The number of benzene rings is 1. The summed E-state index contributed by atoms with van der Waals surface area (Å²) in [7, 11) is 0. The molecule has 0 radical (unpaired) electrons. The van der Waals surface area contributed by atoms with Crippen LogP contribution >= 0.6 is 0 Å².